The monoisotopic (exact) mass is 229 g/mol. The Morgan fingerprint density at radius 2 is 1.88 bits per heavy atom. The van der Waals surface area contributed by atoms with Gasteiger partial charge in [-0.25, -0.2) is 0 Å². The molecule has 1 aromatic carbocycles. The van der Waals surface area contributed by atoms with E-state index in [1.54, 1.807) is 12.3 Å². The van der Waals surface area contributed by atoms with Crippen molar-refractivity contribution in [3.8, 4) is 11.5 Å². The van der Waals surface area contributed by atoms with Crippen LogP contribution in [0.3, 0.4) is 0 Å². The van der Waals surface area contributed by atoms with Crippen LogP contribution in [0.4, 0.5) is 0 Å². The third-order valence-corrected chi connectivity index (χ3v) is 2.47. The molecule has 0 spiro atoms. The molecular weight excluding hydrogens is 214 g/mol. The van der Waals surface area contributed by atoms with Gasteiger partial charge in [-0.2, -0.15) is 0 Å². The molecule has 0 fully saturated rings. The average molecular weight is 229 g/mol. The van der Waals surface area contributed by atoms with Crippen molar-refractivity contribution in [1.82, 2.24) is 4.98 Å². The predicted molar refractivity (Wildman–Crippen MR) is 66.0 cm³/mol. The minimum absolute atomic E-state index is 0.499. The zero-order valence-corrected chi connectivity index (χ0v) is 9.71. The van der Waals surface area contributed by atoms with Gasteiger partial charge in [-0.05, 0) is 30.7 Å². The molecular formula is C14H15NO2. The van der Waals surface area contributed by atoms with Crippen molar-refractivity contribution in [2.24, 2.45) is 0 Å². The van der Waals surface area contributed by atoms with Crippen molar-refractivity contribution in [3.05, 3.63) is 54.4 Å². The van der Waals surface area contributed by atoms with Gasteiger partial charge in [0.1, 0.15) is 11.5 Å². The molecule has 0 unspecified atom stereocenters. The lowest BCUT2D eigenvalue weighted by Crippen LogP contribution is -1.98. The molecule has 1 heterocycles. The fraction of sp³-hybridized carbons (Fsp3) is 0.214. The fourth-order valence-corrected chi connectivity index (χ4v) is 1.48. The van der Waals surface area contributed by atoms with Crippen LogP contribution in [0.2, 0.25) is 0 Å². The van der Waals surface area contributed by atoms with Gasteiger partial charge >= 0.3 is 0 Å². The lowest BCUT2D eigenvalue weighted by Gasteiger charge is -2.08. The molecule has 88 valence electrons. The van der Waals surface area contributed by atoms with Crippen LogP contribution < -0.4 is 4.74 Å². The van der Waals surface area contributed by atoms with Gasteiger partial charge in [0.05, 0.1) is 18.0 Å². The molecule has 0 radical (unpaired) electrons. The second-order valence-electron chi connectivity index (χ2n) is 3.76. The van der Waals surface area contributed by atoms with E-state index < -0.39 is 6.10 Å². The first-order valence-electron chi connectivity index (χ1n) is 5.66. The number of benzene rings is 1. The summed E-state index contributed by atoms with van der Waals surface area (Å²) in [6.07, 6.45) is 1.79. The van der Waals surface area contributed by atoms with E-state index in [1.165, 1.54) is 0 Å². The van der Waals surface area contributed by atoms with E-state index in [-0.39, 0.29) is 0 Å². The van der Waals surface area contributed by atoms with E-state index in [0.717, 1.165) is 5.75 Å². The second kappa shape index (κ2) is 5.46. The molecule has 1 aromatic heterocycles. The molecule has 1 atom stereocenters. The summed E-state index contributed by atoms with van der Waals surface area (Å²) in [7, 11) is 0. The molecule has 0 bridgehead atoms. The highest BCUT2D eigenvalue weighted by Gasteiger charge is 2.06. The van der Waals surface area contributed by atoms with Crippen LogP contribution in [0, 0.1) is 0 Å². The number of hydrogen-bond donors (Lipinski definition) is 1. The van der Waals surface area contributed by atoms with Crippen molar-refractivity contribution < 1.29 is 9.84 Å². The van der Waals surface area contributed by atoms with Crippen LogP contribution in [0.5, 0.6) is 11.5 Å². The first-order chi connectivity index (χ1) is 8.29. The Balaban J connectivity index is 2.08. The number of aliphatic hydroxyl groups is 1. The van der Waals surface area contributed by atoms with Crippen LogP contribution in [0.25, 0.3) is 0 Å². The zero-order chi connectivity index (χ0) is 12.1. The Morgan fingerprint density at radius 3 is 2.47 bits per heavy atom. The largest absolute Gasteiger partial charge is 0.456 e. The summed E-state index contributed by atoms with van der Waals surface area (Å²) in [5.41, 5.74) is 0.674. The van der Waals surface area contributed by atoms with E-state index in [4.69, 9.17) is 4.74 Å². The van der Waals surface area contributed by atoms with Gasteiger partial charge in [0.2, 0.25) is 0 Å². The van der Waals surface area contributed by atoms with E-state index in [0.29, 0.717) is 17.9 Å². The molecule has 3 heteroatoms. The Hall–Kier alpha value is -1.87. The molecule has 0 saturated heterocycles. The summed E-state index contributed by atoms with van der Waals surface area (Å²) in [6.45, 7) is 1.92. The van der Waals surface area contributed by atoms with Crippen molar-refractivity contribution in [2.75, 3.05) is 0 Å². The first kappa shape index (κ1) is 11.6. The molecule has 0 aliphatic carbocycles. The van der Waals surface area contributed by atoms with Crippen LogP contribution in [-0.2, 0) is 0 Å². The molecule has 2 rings (SSSR count). The van der Waals surface area contributed by atoms with Crippen molar-refractivity contribution in [2.45, 2.75) is 19.4 Å². The van der Waals surface area contributed by atoms with Gasteiger partial charge in [0.15, 0.2) is 0 Å². The van der Waals surface area contributed by atoms with Crippen LogP contribution >= 0.6 is 0 Å². The molecule has 2 aromatic rings. The molecule has 0 saturated carbocycles. The lowest BCUT2D eigenvalue weighted by molar-refractivity contribution is 0.169. The molecule has 0 aliphatic heterocycles. The smallest absolute Gasteiger partial charge is 0.145 e. The molecule has 0 aliphatic rings. The maximum absolute atomic E-state index is 9.61. The predicted octanol–water partition coefficient (Wildman–Crippen LogP) is 3.32. The van der Waals surface area contributed by atoms with E-state index in [1.807, 2.05) is 43.3 Å². The Labute approximate surface area is 101 Å². The normalized spacial score (nSPS) is 12.1. The number of pyridine rings is 1. The van der Waals surface area contributed by atoms with Gasteiger partial charge in [-0.3, -0.25) is 4.98 Å². The molecule has 17 heavy (non-hydrogen) atoms. The minimum atomic E-state index is -0.499. The Bertz CT molecular complexity index is 453. The zero-order valence-electron chi connectivity index (χ0n) is 9.71. The number of aliphatic hydroxyl groups excluding tert-OH is 1. The summed E-state index contributed by atoms with van der Waals surface area (Å²) in [5, 5.41) is 9.61. The van der Waals surface area contributed by atoms with E-state index in [2.05, 4.69) is 4.98 Å². The van der Waals surface area contributed by atoms with Gasteiger partial charge in [-0.1, -0.05) is 25.1 Å². The highest BCUT2D eigenvalue weighted by atomic mass is 16.5. The molecule has 1 N–H and O–H groups in total. The number of rotatable bonds is 4. The number of aromatic nitrogens is 1. The summed E-state index contributed by atoms with van der Waals surface area (Å²) in [5.74, 6) is 1.45. The number of hydrogen-bond acceptors (Lipinski definition) is 3. The van der Waals surface area contributed by atoms with E-state index in [9.17, 15) is 5.11 Å². The molecule has 0 amide bonds. The van der Waals surface area contributed by atoms with Crippen molar-refractivity contribution in [1.29, 1.82) is 0 Å². The quantitative estimate of drug-likeness (QED) is 0.874. The van der Waals surface area contributed by atoms with Crippen molar-refractivity contribution in [3.63, 3.8) is 0 Å². The van der Waals surface area contributed by atoms with Gasteiger partial charge in [0.25, 0.3) is 0 Å². The minimum Gasteiger partial charge on any atom is -0.456 e. The van der Waals surface area contributed by atoms with Crippen LogP contribution in [0.15, 0.2) is 48.7 Å². The Morgan fingerprint density at radius 1 is 1.12 bits per heavy atom. The maximum Gasteiger partial charge on any atom is 0.145 e. The van der Waals surface area contributed by atoms with Gasteiger partial charge < -0.3 is 9.84 Å². The standard InChI is InChI=1S/C14H15NO2/c1-2-14(16)13-9-8-12(10-15-13)17-11-6-4-3-5-7-11/h3-10,14,16H,2H2,1H3/t14-/m1/s1. The first-order valence-corrected chi connectivity index (χ1v) is 5.66. The van der Waals surface area contributed by atoms with Crippen LogP contribution in [-0.4, -0.2) is 10.1 Å². The summed E-state index contributed by atoms with van der Waals surface area (Å²) >= 11 is 0. The summed E-state index contributed by atoms with van der Waals surface area (Å²) in [6, 6.07) is 13.1. The van der Waals surface area contributed by atoms with E-state index >= 15 is 0 Å². The number of para-hydroxylation sites is 1. The third-order valence-electron chi connectivity index (χ3n) is 2.47. The van der Waals surface area contributed by atoms with Gasteiger partial charge in [0, 0.05) is 0 Å². The van der Waals surface area contributed by atoms with Gasteiger partial charge in [-0.15, -0.1) is 0 Å². The Kier molecular flexibility index (Phi) is 3.73. The third kappa shape index (κ3) is 3.04. The average Bonchev–Trinajstić information content (AvgIpc) is 2.40. The maximum atomic E-state index is 9.61. The van der Waals surface area contributed by atoms with Crippen molar-refractivity contribution >= 4 is 0 Å². The number of ether oxygens (including phenoxy) is 1. The fourth-order valence-electron chi connectivity index (χ4n) is 1.48. The SMILES string of the molecule is CC[C@@H](O)c1ccc(Oc2ccccc2)cn1. The lowest BCUT2D eigenvalue weighted by atomic mass is 10.2. The highest BCUT2D eigenvalue weighted by molar-refractivity contribution is 5.29. The topological polar surface area (TPSA) is 42.4 Å². The number of nitrogens with zero attached hydrogens (tertiary/aromatic N) is 1. The van der Waals surface area contributed by atoms with Crippen LogP contribution in [0.1, 0.15) is 25.1 Å². The molecule has 3 nitrogen and oxygen atoms in total. The highest BCUT2D eigenvalue weighted by Crippen LogP contribution is 2.21. The second-order valence-corrected chi connectivity index (χ2v) is 3.76. The summed E-state index contributed by atoms with van der Waals surface area (Å²) in [4.78, 5) is 4.17. The summed E-state index contributed by atoms with van der Waals surface area (Å²) < 4.78 is 5.60.